The standard InChI is InChI=1S/C34H36N5O6P/c1-6-28(44-20-27(37-41)30(46-42)34(3,4)5)25-13-10-14-26-29(25)39(32(35-26)43-7-2)19-21-15-17-22(18-16-21)23-11-8-9-12-24(23)31-36-33(40)45-38-31/h6,8-18,41-42H,7,19-20H2,1-5H3,(H,36,38,40)/b28-6+,37-27-. The van der Waals surface area contributed by atoms with Crippen LogP contribution in [-0.2, 0) is 11.3 Å². The highest BCUT2D eigenvalue weighted by atomic mass is 31.1. The third-order valence-corrected chi connectivity index (χ3v) is 8.46. The maximum absolute atomic E-state index is 11.6. The van der Waals surface area contributed by atoms with Crippen LogP contribution in [0, 0.1) is 5.41 Å². The molecule has 3 aromatic carbocycles. The minimum absolute atomic E-state index is 0.0191. The van der Waals surface area contributed by atoms with E-state index in [1.807, 2.05) is 112 Å². The average molecular weight is 642 g/mol. The van der Waals surface area contributed by atoms with Crippen LogP contribution < -0.4 is 10.5 Å². The Balaban J connectivity index is 1.48. The van der Waals surface area contributed by atoms with Gasteiger partial charge in [0.2, 0.25) is 0 Å². The van der Waals surface area contributed by atoms with Crippen molar-refractivity contribution in [3.05, 3.63) is 94.5 Å². The molecule has 0 amide bonds. The zero-order valence-electron chi connectivity index (χ0n) is 26.3. The summed E-state index contributed by atoms with van der Waals surface area (Å²) in [6, 6.07) is 22.0. The van der Waals surface area contributed by atoms with E-state index < -0.39 is 11.2 Å². The van der Waals surface area contributed by atoms with Gasteiger partial charge in [-0.15, -0.1) is 0 Å². The molecule has 12 heteroatoms. The van der Waals surface area contributed by atoms with Crippen molar-refractivity contribution >= 4 is 36.2 Å². The molecule has 0 saturated carbocycles. The van der Waals surface area contributed by atoms with E-state index in [0.29, 0.717) is 36.0 Å². The lowest BCUT2D eigenvalue weighted by Gasteiger charge is -2.22. The topological polar surface area (TPSA) is 148 Å². The highest BCUT2D eigenvalue weighted by molar-refractivity contribution is 7.38. The molecule has 0 bridgehead atoms. The maximum Gasteiger partial charge on any atom is 0.439 e. The number of nitrogens with zero attached hydrogens (tertiary/aromatic N) is 4. The van der Waals surface area contributed by atoms with Crippen molar-refractivity contribution in [2.75, 3.05) is 13.2 Å². The van der Waals surface area contributed by atoms with E-state index >= 15 is 0 Å². The van der Waals surface area contributed by atoms with Crippen LogP contribution in [-0.4, -0.2) is 54.0 Å². The first-order chi connectivity index (χ1) is 22.2. The Kier molecular flexibility index (Phi) is 9.84. The second-order valence-corrected chi connectivity index (χ2v) is 12.1. The van der Waals surface area contributed by atoms with Crippen molar-refractivity contribution in [3.8, 4) is 28.5 Å². The smallest absolute Gasteiger partial charge is 0.439 e. The molecule has 0 radical (unpaired) electrons. The van der Waals surface area contributed by atoms with Gasteiger partial charge >= 0.3 is 5.76 Å². The fourth-order valence-corrected chi connectivity index (χ4v) is 5.78. The molecule has 0 aliphatic carbocycles. The molecule has 5 aromatic rings. The summed E-state index contributed by atoms with van der Waals surface area (Å²) in [6.07, 6.45) is 1.85. The zero-order valence-corrected chi connectivity index (χ0v) is 27.2. The number of imidazole rings is 1. The Morgan fingerprint density at radius 2 is 1.83 bits per heavy atom. The van der Waals surface area contributed by atoms with Gasteiger partial charge in [-0.1, -0.05) is 85.7 Å². The molecule has 2 heterocycles. The number of aromatic nitrogens is 4. The van der Waals surface area contributed by atoms with Crippen molar-refractivity contribution in [3.63, 3.8) is 0 Å². The molecule has 0 saturated heterocycles. The predicted molar refractivity (Wildman–Crippen MR) is 180 cm³/mol. The van der Waals surface area contributed by atoms with Gasteiger partial charge < -0.3 is 19.6 Å². The summed E-state index contributed by atoms with van der Waals surface area (Å²) in [4.78, 5) is 28.9. The molecule has 5 rings (SSSR count). The van der Waals surface area contributed by atoms with E-state index in [-0.39, 0.29) is 20.7 Å². The zero-order chi connectivity index (χ0) is 32.8. The van der Waals surface area contributed by atoms with E-state index in [9.17, 15) is 14.9 Å². The van der Waals surface area contributed by atoms with Crippen molar-refractivity contribution in [1.82, 2.24) is 19.7 Å². The van der Waals surface area contributed by atoms with Crippen LogP contribution in [0.25, 0.3) is 39.3 Å². The number of fused-ring (bicyclic) bond motifs is 1. The second kappa shape index (κ2) is 14.0. The summed E-state index contributed by atoms with van der Waals surface area (Å²) in [6.45, 7) is 10.5. The molecular weight excluding hydrogens is 605 g/mol. The Hall–Kier alpha value is -4.99. The lowest BCUT2D eigenvalue weighted by molar-refractivity contribution is 0.298. The summed E-state index contributed by atoms with van der Waals surface area (Å²) in [5.74, 6) is 0.325. The quantitative estimate of drug-likeness (QED) is 0.0470. The Labute approximate surface area is 267 Å². The molecule has 0 unspecified atom stereocenters. The number of oxime groups is 1. The van der Waals surface area contributed by atoms with Crippen LogP contribution in [0.15, 0.2) is 87.3 Å². The monoisotopic (exact) mass is 641 g/mol. The lowest BCUT2D eigenvalue weighted by atomic mass is 9.89. The highest BCUT2D eigenvalue weighted by Crippen LogP contribution is 2.33. The number of aromatic amines is 1. The summed E-state index contributed by atoms with van der Waals surface area (Å²) in [5, 5.41) is 17.6. The number of nitrogens with one attached hydrogen (secondary N) is 1. The number of hydrogen-bond acceptors (Lipinski definition) is 9. The number of H-pyrrole nitrogens is 1. The number of rotatable bonds is 11. The van der Waals surface area contributed by atoms with Gasteiger partial charge in [-0.3, -0.25) is 14.1 Å². The van der Waals surface area contributed by atoms with Gasteiger partial charge in [0.25, 0.3) is 6.01 Å². The number of hydrogen-bond donors (Lipinski definition) is 3. The molecular formula is C34H36N5O6P. The molecule has 46 heavy (non-hydrogen) atoms. The van der Waals surface area contributed by atoms with E-state index in [4.69, 9.17) is 19.0 Å². The van der Waals surface area contributed by atoms with Gasteiger partial charge in [-0.2, -0.15) is 4.98 Å². The normalized spacial score (nSPS) is 13.0. The van der Waals surface area contributed by atoms with Gasteiger partial charge in [0, 0.05) is 16.4 Å². The molecule has 0 spiro atoms. The first-order valence-electron chi connectivity index (χ1n) is 14.8. The molecule has 0 atom stereocenters. The fraction of sp³-hybridized carbons (Fsp3) is 0.265. The van der Waals surface area contributed by atoms with Crippen LogP contribution >= 0.6 is 8.43 Å². The largest absolute Gasteiger partial charge is 0.487 e. The van der Waals surface area contributed by atoms with Crippen LogP contribution in [0.1, 0.15) is 45.7 Å². The van der Waals surface area contributed by atoms with Crippen LogP contribution in [0.4, 0.5) is 0 Å². The summed E-state index contributed by atoms with van der Waals surface area (Å²) >= 11 is 0. The van der Waals surface area contributed by atoms with Crippen LogP contribution in [0.2, 0.25) is 0 Å². The Morgan fingerprint density at radius 1 is 1.09 bits per heavy atom. The Morgan fingerprint density at radius 3 is 2.43 bits per heavy atom. The fourth-order valence-electron chi connectivity index (χ4n) is 5.26. The molecule has 2 aromatic heterocycles. The van der Waals surface area contributed by atoms with Crippen molar-refractivity contribution in [1.29, 1.82) is 0 Å². The highest BCUT2D eigenvalue weighted by Gasteiger charge is 2.25. The van der Waals surface area contributed by atoms with E-state index in [0.717, 1.165) is 38.9 Å². The number of benzene rings is 3. The molecule has 0 aliphatic rings. The molecule has 0 fully saturated rings. The molecule has 11 nitrogen and oxygen atoms in total. The van der Waals surface area contributed by atoms with Crippen LogP contribution in [0.3, 0.4) is 0 Å². The summed E-state index contributed by atoms with van der Waals surface area (Å²) in [7, 11) is 0.0191. The minimum Gasteiger partial charge on any atom is -0.487 e. The van der Waals surface area contributed by atoms with E-state index in [1.54, 1.807) is 0 Å². The predicted octanol–water partition coefficient (Wildman–Crippen LogP) is 6.77. The van der Waals surface area contributed by atoms with Crippen molar-refractivity contribution in [2.45, 2.75) is 41.2 Å². The van der Waals surface area contributed by atoms with Gasteiger partial charge in [0.15, 0.2) is 5.82 Å². The van der Waals surface area contributed by atoms with Crippen molar-refractivity contribution in [2.24, 2.45) is 10.6 Å². The van der Waals surface area contributed by atoms with E-state index in [2.05, 4.69) is 15.3 Å². The maximum atomic E-state index is 11.6. The van der Waals surface area contributed by atoms with E-state index in [1.165, 1.54) is 0 Å². The third kappa shape index (κ3) is 6.80. The van der Waals surface area contributed by atoms with Gasteiger partial charge in [-0.05, 0) is 54.2 Å². The first kappa shape index (κ1) is 32.4. The third-order valence-electron chi connectivity index (χ3n) is 7.33. The van der Waals surface area contributed by atoms with Gasteiger partial charge in [0.05, 0.1) is 32.6 Å². The SMILES string of the molecule is C/C=C(/OC/C(=N/O)C(=PO)C(C)(C)C)c1cccc2nc(OCC)n(Cc3ccc(-c4ccccc4-c4noc(=O)[nH]4)cc3)c12. The average Bonchev–Trinajstić information content (AvgIpc) is 3.64. The number of ether oxygens (including phenoxy) is 2. The lowest BCUT2D eigenvalue weighted by Crippen LogP contribution is -2.30. The first-order valence-corrected chi connectivity index (χ1v) is 15.6. The molecule has 0 aliphatic heterocycles. The number of para-hydroxylation sites is 1. The summed E-state index contributed by atoms with van der Waals surface area (Å²) in [5.41, 5.74) is 5.81. The van der Waals surface area contributed by atoms with Gasteiger partial charge in [0.1, 0.15) is 18.1 Å². The second-order valence-electron chi connectivity index (χ2n) is 11.5. The van der Waals surface area contributed by atoms with Crippen LogP contribution in [0.5, 0.6) is 6.01 Å². The Bertz CT molecular complexity index is 1980. The van der Waals surface area contributed by atoms with Crippen molar-refractivity contribution < 1.29 is 24.1 Å². The molecule has 238 valence electrons. The van der Waals surface area contributed by atoms with Gasteiger partial charge in [-0.25, -0.2) is 4.79 Å². The minimum atomic E-state index is -0.608. The molecule has 3 N–H and O–H groups in total. The summed E-state index contributed by atoms with van der Waals surface area (Å²) < 4.78 is 19.0. The number of allylic oxidation sites excluding steroid dienone is 1.